The summed E-state index contributed by atoms with van der Waals surface area (Å²) in [6, 6.07) is 3.30. The van der Waals surface area contributed by atoms with Gasteiger partial charge in [0.15, 0.2) is 0 Å². The second kappa shape index (κ2) is 6.26. The fraction of sp³-hybridized carbons (Fsp3) is 0.429. The Morgan fingerprint density at radius 2 is 2.10 bits per heavy atom. The van der Waals surface area contributed by atoms with Gasteiger partial charge in [0, 0.05) is 11.6 Å². The van der Waals surface area contributed by atoms with E-state index in [0.717, 1.165) is 12.1 Å². The smallest absolute Gasteiger partial charge is 0.345 e. The van der Waals surface area contributed by atoms with Crippen molar-refractivity contribution < 1.29 is 27.0 Å². The highest BCUT2D eigenvalue weighted by molar-refractivity contribution is 5.66. The molecule has 1 heterocycles. The lowest BCUT2D eigenvalue weighted by atomic mass is 9.90. The lowest BCUT2D eigenvalue weighted by Gasteiger charge is -2.29. The van der Waals surface area contributed by atoms with E-state index in [1.807, 2.05) is 0 Å². The zero-order chi connectivity index (χ0) is 14.7. The van der Waals surface area contributed by atoms with Crippen molar-refractivity contribution in [3.05, 3.63) is 41.7 Å². The minimum absolute atomic E-state index is 0.113. The van der Waals surface area contributed by atoms with Gasteiger partial charge < -0.3 is 9.47 Å². The van der Waals surface area contributed by atoms with Crippen LogP contribution in [-0.4, -0.2) is 19.3 Å². The molecule has 2 nitrogen and oxygen atoms in total. The van der Waals surface area contributed by atoms with Crippen molar-refractivity contribution in [1.29, 1.82) is 0 Å². The predicted molar refractivity (Wildman–Crippen MR) is 64.9 cm³/mol. The van der Waals surface area contributed by atoms with Gasteiger partial charge in [-0.2, -0.15) is 8.78 Å². The molecule has 1 aliphatic rings. The predicted octanol–water partition coefficient (Wildman–Crippen LogP) is 3.97. The summed E-state index contributed by atoms with van der Waals surface area (Å²) in [7, 11) is 0. The Labute approximate surface area is 114 Å². The second-order valence-electron chi connectivity index (χ2n) is 4.72. The Balaban J connectivity index is 2.08. The average Bonchev–Trinajstić information content (AvgIpc) is 2.37. The highest BCUT2D eigenvalue weighted by Crippen LogP contribution is 2.32. The van der Waals surface area contributed by atoms with Crippen molar-refractivity contribution in [1.82, 2.24) is 0 Å². The Morgan fingerprint density at radius 1 is 1.35 bits per heavy atom. The SMILES string of the molecule is CC1CC(c2ccc(F)cc2F)=COC1COC(F)F. The summed E-state index contributed by atoms with van der Waals surface area (Å²) in [6.07, 6.45) is 1.27. The first-order valence-corrected chi connectivity index (χ1v) is 6.17. The third-order valence-electron chi connectivity index (χ3n) is 3.23. The van der Waals surface area contributed by atoms with Gasteiger partial charge in [-0.25, -0.2) is 8.78 Å². The van der Waals surface area contributed by atoms with Crippen molar-refractivity contribution >= 4 is 5.57 Å². The van der Waals surface area contributed by atoms with Crippen LogP contribution in [0.15, 0.2) is 24.5 Å². The van der Waals surface area contributed by atoms with E-state index in [1.165, 1.54) is 12.3 Å². The van der Waals surface area contributed by atoms with Crippen LogP contribution in [0.4, 0.5) is 17.6 Å². The van der Waals surface area contributed by atoms with Gasteiger partial charge in [-0.05, 0) is 30.0 Å². The number of benzene rings is 1. The van der Waals surface area contributed by atoms with Crippen LogP contribution >= 0.6 is 0 Å². The third kappa shape index (κ3) is 3.50. The molecule has 6 heteroatoms. The summed E-state index contributed by atoms with van der Waals surface area (Å²) in [6.45, 7) is -1.27. The summed E-state index contributed by atoms with van der Waals surface area (Å²) in [4.78, 5) is 0. The van der Waals surface area contributed by atoms with Crippen LogP contribution < -0.4 is 0 Å². The van der Waals surface area contributed by atoms with Crippen molar-refractivity contribution in [2.45, 2.75) is 26.1 Å². The molecule has 0 radical (unpaired) electrons. The molecule has 2 rings (SSSR count). The first kappa shape index (κ1) is 14.8. The van der Waals surface area contributed by atoms with Crippen molar-refractivity contribution in [2.75, 3.05) is 6.61 Å². The molecular weight excluding hydrogens is 276 g/mol. The summed E-state index contributed by atoms with van der Waals surface area (Å²) < 4.78 is 60.0. The molecule has 0 aliphatic carbocycles. The van der Waals surface area contributed by atoms with Crippen LogP contribution in [-0.2, 0) is 9.47 Å². The van der Waals surface area contributed by atoms with Crippen molar-refractivity contribution in [3.8, 4) is 0 Å². The molecule has 2 unspecified atom stereocenters. The molecule has 0 spiro atoms. The highest BCUT2D eigenvalue weighted by atomic mass is 19.3. The van der Waals surface area contributed by atoms with Gasteiger partial charge in [-0.15, -0.1) is 0 Å². The van der Waals surface area contributed by atoms with Crippen LogP contribution in [0.25, 0.3) is 5.57 Å². The number of ether oxygens (including phenoxy) is 2. The molecule has 0 saturated carbocycles. The molecular formula is C14H14F4O2. The van der Waals surface area contributed by atoms with Crippen LogP contribution in [0, 0.1) is 17.6 Å². The van der Waals surface area contributed by atoms with E-state index in [4.69, 9.17) is 4.74 Å². The summed E-state index contributed by atoms with van der Waals surface area (Å²) >= 11 is 0. The van der Waals surface area contributed by atoms with Gasteiger partial charge in [0.1, 0.15) is 17.7 Å². The van der Waals surface area contributed by atoms with E-state index in [9.17, 15) is 17.6 Å². The Morgan fingerprint density at radius 3 is 2.70 bits per heavy atom. The fourth-order valence-electron chi connectivity index (χ4n) is 2.12. The zero-order valence-corrected chi connectivity index (χ0v) is 10.8. The summed E-state index contributed by atoms with van der Waals surface area (Å²) in [5.41, 5.74) is 0.828. The zero-order valence-electron chi connectivity index (χ0n) is 10.8. The van der Waals surface area contributed by atoms with Gasteiger partial charge in [-0.3, -0.25) is 0 Å². The van der Waals surface area contributed by atoms with E-state index >= 15 is 0 Å². The standard InChI is InChI=1S/C14H14F4O2/c1-8-4-9(6-19-13(8)7-20-14(17)18)11-3-2-10(15)5-12(11)16/h2-3,5-6,8,13-14H,4,7H2,1H3. The van der Waals surface area contributed by atoms with Crippen LogP contribution in [0.2, 0.25) is 0 Å². The van der Waals surface area contributed by atoms with Crippen LogP contribution in [0.5, 0.6) is 0 Å². The second-order valence-corrected chi connectivity index (χ2v) is 4.72. The first-order chi connectivity index (χ1) is 9.47. The maximum atomic E-state index is 13.7. The molecule has 0 N–H and O–H groups in total. The quantitative estimate of drug-likeness (QED) is 0.781. The summed E-state index contributed by atoms with van der Waals surface area (Å²) in [5, 5.41) is 0. The minimum Gasteiger partial charge on any atom is -0.495 e. The molecule has 2 atom stereocenters. The molecule has 1 aromatic rings. The number of halogens is 4. The molecule has 0 aromatic heterocycles. The van der Waals surface area contributed by atoms with Crippen molar-refractivity contribution in [3.63, 3.8) is 0 Å². The van der Waals surface area contributed by atoms with E-state index < -0.39 is 24.3 Å². The molecule has 0 amide bonds. The number of rotatable bonds is 4. The van der Waals surface area contributed by atoms with Gasteiger partial charge in [0.05, 0.1) is 12.9 Å². The lowest BCUT2D eigenvalue weighted by Crippen LogP contribution is -2.29. The van der Waals surface area contributed by atoms with Gasteiger partial charge in [0.25, 0.3) is 0 Å². The molecule has 0 saturated heterocycles. The molecule has 1 aromatic carbocycles. The topological polar surface area (TPSA) is 18.5 Å². The van der Waals surface area contributed by atoms with Gasteiger partial charge in [-0.1, -0.05) is 6.92 Å². The largest absolute Gasteiger partial charge is 0.495 e. The molecule has 1 aliphatic heterocycles. The number of allylic oxidation sites excluding steroid dienone is 1. The summed E-state index contributed by atoms with van der Waals surface area (Å²) in [5.74, 6) is -1.44. The first-order valence-electron chi connectivity index (χ1n) is 6.17. The van der Waals surface area contributed by atoms with Gasteiger partial charge >= 0.3 is 6.61 Å². The molecule has 110 valence electrons. The molecule has 0 bridgehead atoms. The number of alkyl halides is 2. The number of hydrogen-bond donors (Lipinski definition) is 0. The molecule has 20 heavy (non-hydrogen) atoms. The maximum absolute atomic E-state index is 13.7. The van der Waals surface area contributed by atoms with E-state index in [0.29, 0.717) is 12.0 Å². The number of hydrogen-bond acceptors (Lipinski definition) is 2. The monoisotopic (exact) mass is 290 g/mol. The Kier molecular flexibility index (Phi) is 4.65. The minimum atomic E-state index is -2.84. The lowest BCUT2D eigenvalue weighted by molar-refractivity contribution is -0.154. The van der Waals surface area contributed by atoms with E-state index in [2.05, 4.69) is 4.74 Å². The maximum Gasteiger partial charge on any atom is 0.345 e. The van der Waals surface area contributed by atoms with Gasteiger partial charge in [0.2, 0.25) is 0 Å². The van der Waals surface area contributed by atoms with Crippen molar-refractivity contribution in [2.24, 2.45) is 5.92 Å². The Bertz CT molecular complexity index is 502. The average molecular weight is 290 g/mol. The normalized spacial score (nSPS) is 22.6. The fourth-order valence-corrected chi connectivity index (χ4v) is 2.12. The molecule has 0 fully saturated rings. The van der Waals surface area contributed by atoms with Crippen LogP contribution in [0.1, 0.15) is 18.9 Å². The van der Waals surface area contributed by atoms with E-state index in [1.54, 1.807) is 6.92 Å². The van der Waals surface area contributed by atoms with E-state index in [-0.39, 0.29) is 18.1 Å². The Hall–Kier alpha value is -1.56. The van der Waals surface area contributed by atoms with Crippen LogP contribution in [0.3, 0.4) is 0 Å². The highest BCUT2D eigenvalue weighted by Gasteiger charge is 2.26. The third-order valence-corrected chi connectivity index (χ3v) is 3.23.